The number of likely N-dealkylation sites (tertiary alicyclic amines) is 1. The summed E-state index contributed by atoms with van der Waals surface area (Å²) in [6.07, 6.45) is 0.624. The highest BCUT2D eigenvalue weighted by atomic mass is 16.4. The predicted octanol–water partition coefficient (Wildman–Crippen LogP) is 2.10. The topological polar surface area (TPSA) is 87.5 Å². The average molecular weight is 344 g/mol. The number of carboxylic acids is 1. The highest BCUT2D eigenvalue weighted by Crippen LogP contribution is 2.21. The highest BCUT2D eigenvalue weighted by molar-refractivity contribution is 5.77. The molecule has 2 atom stereocenters. The zero-order chi connectivity index (χ0) is 18.0. The van der Waals surface area contributed by atoms with Gasteiger partial charge in [0.05, 0.1) is 17.0 Å². The Morgan fingerprint density at radius 1 is 1.32 bits per heavy atom. The van der Waals surface area contributed by atoms with E-state index in [2.05, 4.69) is 14.9 Å². The van der Waals surface area contributed by atoms with Gasteiger partial charge < -0.3 is 19.9 Å². The van der Waals surface area contributed by atoms with E-state index in [1.807, 2.05) is 38.1 Å². The van der Waals surface area contributed by atoms with Gasteiger partial charge in [-0.15, -0.1) is 0 Å². The van der Waals surface area contributed by atoms with Crippen LogP contribution in [0, 0.1) is 18.8 Å². The number of piperidine rings is 1. The van der Waals surface area contributed by atoms with E-state index in [-0.39, 0.29) is 18.5 Å². The minimum atomic E-state index is -0.829. The molecule has 1 aromatic heterocycles. The Balaban J connectivity index is 1.59. The van der Waals surface area contributed by atoms with Gasteiger partial charge in [0, 0.05) is 26.2 Å². The van der Waals surface area contributed by atoms with E-state index in [0.717, 1.165) is 16.9 Å². The Morgan fingerprint density at radius 2 is 2.08 bits per heavy atom. The Labute approximate surface area is 146 Å². The van der Waals surface area contributed by atoms with E-state index >= 15 is 0 Å². The van der Waals surface area contributed by atoms with Gasteiger partial charge in [-0.2, -0.15) is 0 Å². The van der Waals surface area contributed by atoms with Gasteiger partial charge in [0.15, 0.2) is 0 Å². The van der Waals surface area contributed by atoms with Crippen LogP contribution in [0.1, 0.15) is 19.2 Å². The number of hydrogen-bond donors (Lipinski definition) is 2. The van der Waals surface area contributed by atoms with Crippen LogP contribution in [0.3, 0.4) is 0 Å². The van der Waals surface area contributed by atoms with Crippen molar-refractivity contribution in [1.82, 2.24) is 19.8 Å². The fourth-order valence-electron chi connectivity index (χ4n) is 3.56. The molecule has 1 aliphatic rings. The van der Waals surface area contributed by atoms with Gasteiger partial charge >= 0.3 is 12.0 Å². The normalized spacial score (nSPS) is 20.6. The van der Waals surface area contributed by atoms with Crippen LogP contribution in [0.25, 0.3) is 11.0 Å². The van der Waals surface area contributed by atoms with Crippen LogP contribution >= 0.6 is 0 Å². The van der Waals surface area contributed by atoms with Gasteiger partial charge in [-0.1, -0.05) is 19.1 Å². The number of carboxylic acid groups (broad SMARTS) is 1. The second-order valence-corrected chi connectivity index (χ2v) is 6.81. The van der Waals surface area contributed by atoms with Gasteiger partial charge in [-0.05, 0) is 31.4 Å². The summed E-state index contributed by atoms with van der Waals surface area (Å²) >= 11 is 0. The molecule has 25 heavy (non-hydrogen) atoms. The fourth-order valence-corrected chi connectivity index (χ4v) is 3.56. The molecule has 1 aliphatic heterocycles. The molecule has 2 amide bonds. The molecule has 0 radical (unpaired) electrons. The third-order valence-corrected chi connectivity index (χ3v) is 4.75. The van der Waals surface area contributed by atoms with Crippen LogP contribution in [0.15, 0.2) is 24.3 Å². The maximum Gasteiger partial charge on any atom is 0.317 e. The third kappa shape index (κ3) is 3.75. The first kappa shape index (κ1) is 17.3. The third-order valence-electron chi connectivity index (χ3n) is 4.75. The number of carbonyl (C=O) groups is 2. The molecule has 1 fully saturated rings. The molecule has 7 heteroatoms. The number of aryl methyl sites for hydroxylation is 1. The van der Waals surface area contributed by atoms with Crippen molar-refractivity contribution in [3.8, 4) is 0 Å². The van der Waals surface area contributed by atoms with Crippen LogP contribution in [0.4, 0.5) is 4.79 Å². The van der Waals surface area contributed by atoms with Crippen LogP contribution in [0.5, 0.6) is 0 Å². The number of carbonyl (C=O) groups excluding carboxylic acids is 1. The molecular formula is C18H24N4O3. The smallest absolute Gasteiger partial charge is 0.317 e. The van der Waals surface area contributed by atoms with Crippen molar-refractivity contribution in [1.29, 1.82) is 0 Å². The van der Waals surface area contributed by atoms with Crippen LogP contribution in [-0.4, -0.2) is 51.2 Å². The van der Waals surface area contributed by atoms with E-state index in [0.29, 0.717) is 26.1 Å². The Hall–Kier alpha value is -2.57. The van der Waals surface area contributed by atoms with Crippen molar-refractivity contribution < 1.29 is 14.7 Å². The molecule has 134 valence electrons. The fraction of sp³-hybridized carbons (Fsp3) is 0.500. The lowest BCUT2D eigenvalue weighted by molar-refractivity contribution is -0.143. The number of nitrogens with one attached hydrogen (secondary N) is 1. The summed E-state index contributed by atoms with van der Waals surface area (Å²) in [6, 6.07) is 7.72. The van der Waals surface area contributed by atoms with E-state index in [1.54, 1.807) is 4.90 Å². The van der Waals surface area contributed by atoms with Crippen molar-refractivity contribution >= 4 is 23.0 Å². The summed E-state index contributed by atoms with van der Waals surface area (Å²) in [6.45, 7) is 5.91. The Bertz CT molecular complexity index is 786. The molecular weight excluding hydrogens is 320 g/mol. The van der Waals surface area contributed by atoms with Gasteiger partial charge in [0.1, 0.15) is 5.82 Å². The lowest BCUT2D eigenvalue weighted by atomic mass is 9.91. The van der Waals surface area contributed by atoms with Gasteiger partial charge in [-0.25, -0.2) is 9.78 Å². The summed E-state index contributed by atoms with van der Waals surface area (Å²) in [7, 11) is 0. The van der Waals surface area contributed by atoms with Crippen molar-refractivity contribution in [3.63, 3.8) is 0 Å². The number of fused-ring (bicyclic) bond motifs is 1. The molecule has 2 aromatic rings. The first-order chi connectivity index (χ1) is 12.0. The van der Waals surface area contributed by atoms with Crippen LogP contribution in [-0.2, 0) is 11.3 Å². The Morgan fingerprint density at radius 3 is 2.84 bits per heavy atom. The van der Waals surface area contributed by atoms with Gasteiger partial charge in [-0.3, -0.25) is 4.79 Å². The summed E-state index contributed by atoms with van der Waals surface area (Å²) in [5.74, 6) is -0.201. The number of aromatic nitrogens is 2. The molecule has 0 saturated carbocycles. The predicted molar refractivity (Wildman–Crippen MR) is 94.3 cm³/mol. The second-order valence-electron chi connectivity index (χ2n) is 6.81. The number of nitrogens with zero attached hydrogens (tertiary/aromatic N) is 3. The molecule has 2 unspecified atom stereocenters. The number of rotatable bonds is 4. The quantitative estimate of drug-likeness (QED) is 0.889. The first-order valence-electron chi connectivity index (χ1n) is 8.63. The molecule has 2 heterocycles. The lowest BCUT2D eigenvalue weighted by Gasteiger charge is -2.34. The first-order valence-corrected chi connectivity index (χ1v) is 8.63. The number of urea groups is 1. The van der Waals surface area contributed by atoms with Crippen molar-refractivity contribution in [2.75, 3.05) is 19.6 Å². The number of aliphatic carboxylic acids is 1. The Kier molecular flexibility index (Phi) is 4.92. The SMILES string of the molecule is Cc1nc2ccccc2n1CCNC(=O)N1CC(C)CC(C(=O)O)C1. The molecule has 1 aromatic carbocycles. The number of para-hydroxylation sites is 2. The van der Waals surface area contributed by atoms with Gasteiger partial charge in [0.25, 0.3) is 0 Å². The van der Waals surface area contributed by atoms with E-state index in [4.69, 9.17) is 0 Å². The van der Waals surface area contributed by atoms with E-state index in [1.165, 1.54) is 0 Å². The summed E-state index contributed by atoms with van der Waals surface area (Å²) < 4.78 is 2.08. The van der Waals surface area contributed by atoms with Crippen molar-refractivity contribution in [2.24, 2.45) is 11.8 Å². The molecule has 1 saturated heterocycles. The number of hydrogen-bond acceptors (Lipinski definition) is 3. The second kappa shape index (κ2) is 7.13. The summed E-state index contributed by atoms with van der Waals surface area (Å²) in [5.41, 5.74) is 1.99. The zero-order valence-electron chi connectivity index (χ0n) is 14.6. The van der Waals surface area contributed by atoms with Crippen molar-refractivity contribution in [2.45, 2.75) is 26.8 Å². The maximum absolute atomic E-state index is 12.4. The minimum absolute atomic E-state index is 0.195. The molecule has 2 N–H and O–H groups in total. The van der Waals surface area contributed by atoms with Crippen LogP contribution < -0.4 is 5.32 Å². The number of imidazole rings is 1. The number of amides is 2. The molecule has 0 spiro atoms. The standard InChI is InChI=1S/C18H24N4O3/c1-12-9-14(17(23)24)11-21(10-12)18(25)19-7-8-22-13(2)20-15-5-3-4-6-16(15)22/h3-6,12,14H,7-11H2,1-2H3,(H,19,25)(H,23,24). The highest BCUT2D eigenvalue weighted by Gasteiger charge is 2.31. The monoisotopic (exact) mass is 344 g/mol. The van der Waals surface area contributed by atoms with E-state index in [9.17, 15) is 14.7 Å². The zero-order valence-corrected chi connectivity index (χ0v) is 14.6. The average Bonchev–Trinajstić information content (AvgIpc) is 2.90. The largest absolute Gasteiger partial charge is 0.481 e. The van der Waals surface area contributed by atoms with Crippen LogP contribution in [0.2, 0.25) is 0 Å². The molecule has 0 aliphatic carbocycles. The molecule has 0 bridgehead atoms. The maximum atomic E-state index is 12.4. The van der Waals surface area contributed by atoms with Crippen molar-refractivity contribution in [3.05, 3.63) is 30.1 Å². The summed E-state index contributed by atoms with van der Waals surface area (Å²) in [4.78, 5) is 29.7. The number of benzene rings is 1. The minimum Gasteiger partial charge on any atom is -0.481 e. The summed E-state index contributed by atoms with van der Waals surface area (Å²) in [5, 5.41) is 12.1. The van der Waals surface area contributed by atoms with E-state index < -0.39 is 11.9 Å². The van der Waals surface area contributed by atoms with Gasteiger partial charge in [0.2, 0.25) is 0 Å². The molecule has 3 rings (SSSR count). The molecule has 7 nitrogen and oxygen atoms in total. The lowest BCUT2D eigenvalue weighted by Crippen LogP contribution is -2.49.